The number of anilines is 2. The minimum absolute atomic E-state index is 0.0293. The molecule has 1 unspecified atom stereocenters. The number of carbonyl (C=O) groups is 3. The fourth-order valence-corrected chi connectivity index (χ4v) is 4.94. The normalized spacial score (nSPS) is 17.0. The maximum Gasteiger partial charge on any atom is 0.414 e. The monoisotopic (exact) mass is 486 g/mol. The molecule has 0 spiro atoms. The van der Waals surface area contributed by atoms with Gasteiger partial charge in [0.05, 0.1) is 17.3 Å². The summed E-state index contributed by atoms with van der Waals surface area (Å²) in [5, 5.41) is 14.8. The topological polar surface area (TPSA) is 98.2 Å². The van der Waals surface area contributed by atoms with Crippen LogP contribution in [-0.4, -0.2) is 46.0 Å². The molecule has 36 heavy (non-hydrogen) atoms. The van der Waals surface area contributed by atoms with Gasteiger partial charge in [-0.1, -0.05) is 66.7 Å². The minimum atomic E-state index is -1.82. The smallest absolute Gasteiger partial charge is 0.414 e. The first kappa shape index (κ1) is 25.1. The summed E-state index contributed by atoms with van der Waals surface area (Å²) in [5.74, 6) is -3.37. The van der Waals surface area contributed by atoms with Crippen molar-refractivity contribution in [3.05, 3.63) is 95.6 Å². The van der Waals surface area contributed by atoms with Gasteiger partial charge in [-0.2, -0.15) is 0 Å². The number of piperidine rings is 1. The standard InChI is InChI=1S/C27H28N2O.C2H2O4/c30-27(24-13-8-18-28(20-24)19-21-9-2-1-3-10-21)29-25-14-6-4-11-22(25)16-17-23-12-5-7-15-26(23)29;3-1(4)2(5)6/h1-7,9-12,14-15,24H,8,13,16-20H2;(H,3,4)(H,5,6). The maximum atomic E-state index is 13.9. The highest BCUT2D eigenvalue weighted by atomic mass is 16.4. The molecule has 1 amide bonds. The molecule has 5 rings (SSSR count). The van der Waals surface area contributed by atoms with E-state index in [4.69, 9.17) is 19.8 Å². The van der Waals surface area contributed by atoms with Crippen LogP contribution >= 0.6 is 0 Å². The van der Waals surface area contributed by atoms with E-state index in [1.54, 1.807) is 0 Å². The van der Waals surface area contributed by atoms with Crippen molar-refractivity contribution < 1.29 is 24.6 Å². The quantitative estimate of drug-likeness (QED) is 0.529. The third-order valence-electron chi connectivity index (χ3n) is 6.64. The number of para-hydroxylation sites is 2. The summed E-state index contributed by atoms with van der Waals surface area (Å²) in [6.07, 6.45) is 3.98. The number of carboxylic acids is 2. The molecule has 0 aliphatic carbocycles. The highest BCUT2D eigenvalue weighted by Gasteiger charge is 2.33. The van der Waals surface area contributed by atoms with E-state index in [1.807, 2.05) is 4.90 Å². The molecule has 0 radical (unpaired) electrons. The highest BCUT2D eigenvalue weighted by Crippen LogP contribution is 2.38. The lowest BCUT2D eigenvalue weighted by molar-refractivity contribution is -0.159. The van der Waals surface area contributed by atoms with Gasteiger partial charge in [-0.25, -0.2) is 9.59 Å². The summed E-state index contributed by atoms with van der Waals surface area (Å²) >= 11 is 0. The summed E-state index contributed by atoms with van der Waals surface area (Å²) in [6.45, 7) is 2.80. The maximum absolute atomic E-state index is 13.9. The van der Waals surface area contributed by atoms with E-state index in [9.17, 15) is 4.79 Å². The Morgan fingerprint density at radius 2 is 1.28 bits per heavy atom. The SMILES string of the molecule is O=C(C1CCCN(Cc2ccccc2)C1)N1c2ccccc2CCc2ccccc21.O=C(O)C(=O)O. The number of hydrogen-bond acceptors (Lipinski definition) is 4. The first-order valence-electron chi connectivity index (χ1n) is 12.2. The van der Waals surface area contributed by atoms with Crippen molar-refractivity contribution in [1.29, 1.82) is 0 Å². The molecular weight excluding hydrogens is 456 g/mol. The summed E-state index contributed by atoms with van der Waals surface area (Å²) < 4.78 is 0. The van der Waals surface area contributed by atoms with Gasteiger partial charge in [0.2, 0.25) is 5.91 Å². The molecule has 0 aromatic heterocycles. The van der Waals surface area contributed by atoms with Crippen LogP contribution in [0.5, 0.6) is 0 Å². The van der Waals surface area contributed by atoms with Gasteiger partial charge in [-0.15, -0.1) is 0 Å². The van der Waals surface area contributed by atoms with Gasteiger partial charge in [0.15, 0.2) is 0 Å². The lowest BCUT2D eigenvalue weighted by atomic mass is 9.95. The summed E-state index contributed by atoms with van der Waals surface area (Å²) in [5.41, 5.74) is 5.97. The van der Waals surface area contributed by atoms with Crippen molar-refractivity contribution in [2.75, 3.05) is 18.0 Å². The number of carbonyl (C=O) groups excluding carboxylic acids is 1. The number of carboxylic acid groups (broad SMARTS) is 2. The van der Waals surface area contributed by atoms with Gasteiger partial charge >= 0.3 is 11.9 Å². The zero-order valence-corrected chi connectivity index (χ0v) is 20.0. The zero-order chi connectivity index (χ0) is 25.5. The Bertz CT molecular complexity index is 1170. The van der Waals surface area contributed by atoms with E-state index in [0.29, 0.717) is 0 Å². The average Bonchev–Trinajstić information content (AvgIpc) is 3.06. The molecule has 2 N–H and O–H groups in total. The van der Waals surface area contributed by atoms with Crippen LogP contribution in [0.3, 0.4) is 0 Å². The summed E-state index contributed by atoms with van der Waals surface area (Å²) in [6, 6.07) is 27.4. The Kier molecular flexibility index (Phi) is 8.13. The van der Waals surface area contributed by atoms with Crippen LogP contribution in [0.25, 0.3) is 0 Å². The van der Waals surface area contributed by atoms with Crippen LogP contribution in [0.15, 0.2) is 78.9 Å². The lowest BCUT2D eigenvalue weighted by Gasteiger charge is -2.35. The van der Waals surface area contributed by atoms with Crippen molar-refractivity contribution in [3.8, 4) is 0 Å². The molecule has 3 aromatic carbocycles. The molecule has 2 aliphatic heterocycles. The lowest BCUT2D eigenvalue weighted by Crippen LogP contribution is -2.43. The van der Waals surface area contributed by atoms with E-state index in [2.05, 4.69) is 83.8 Å². The van der Waals surface area contributed by atoms with Gasteiger partial charge < -0.3 is 10.2 Å². The Labute approximate surface area is 210 Å². The first-order chi connectivity index (χ1) is 17.4. The Morgan fingerprint density at radius 3 is 1.83 bits per heavy atom. The van der Waals surface area contributed by atoms with Crippen LogP contribution in [0, 0.1) is 5.92 Å². The second-order valence-electron chi connectivity index (χ2n) is 9.10. The Balaban J connectivity index is 0.000000455. The van der Waals surface area contributed by atoms with E-state index in [1.165, 1.54) is 16.7 Å². The fraction of sp³-hybridized carbons (Fsp3) is 0.276. The predicted octanol–water partition coefficient (Wildman–Crippen LogP) is 4.52. The molecule has 3 aromatic rings. The molecule has 1 fully saturated rings. The summed E-state index contributed by atoms with van der Waals surface area (Å²) in [7, 11) is 0. The van der Waals surface area contributed by atoms with Crippen molar-refractivity contribution in [1.82, 2.24) is 4.90 Å². The van der Waals surface area contributed by atoms with E-state index in [0.717, 1.165) is 56.7 Å². The Morgan fingerprint density at radius 1 is 0.750 bits per heavy atom. The van der Waals surface area contributed by atoms with Gasteiger partial charge in [0.1, 0.15) is 0 Å². The van der Waals surface area contributed by atoms with Gasteiger partial charge in [0, 0.05) is 13.1 Å². The van der Waals surface area contributed by atoms with Crippen LogP contribution in [0.1, 0.15) is 29.5 Å². The molecule has 0 bridgehead atoms. The van der Waals surface area contributed by atoms with Gasteiger partial charge in [-0.05, 0) is 61.1 Å². The average molecular weight is 487 g/mol. The van der Waals surface area contributed by atoms with Crippen LogP contribution in [-0.2, 0) is 33.8 Å². The van der Waals surface area contributed by atoms with E-state index in [-0.39, 0.29) is 11.8 Å². The molecule has 2 aliphatic rings. The van der Waals surface area contributed by atoms with E-state index >= 15 is 0 Å². The van der Waals surface area contributed by atoms with Crippen molar-refractivity contribution in [2.24, 2.45) is 5.92 Å². The number of benzene rings is 3. The van der Waals surface area contributed by atoms with Crippen molar-refractivity contribution in [2.45, 2.75) is 32.2 Å². The van der Waals surface area contributed by atoms with Gasteiger partial charge in [-0.3, -0.25) is 14.6 Å². The fourth-order valence-electron chi connectivity index (χ4n) is 4.94. The third kappa shape index (κ3) is 5.98. The number of fused-ring (bicyclic) bond motifs is 2. The molecule has 7 nitrogen and oxygen atoms in total. The zero-order valence-electron chi connectivity index (χ0n) is 20.0. The molecule has 7 heteroatoms. The number of aryl methyl sites for hydroxylation is 2. The first-order valence-corrected chi connectivity index (χ1v) is 12.2. The Hall–Kier alpha value is -3.97. The molecule has 1 atom stereocenters. The molecule has 1 saturated heterocycles. The van der Waals surface area contributed by atoms with Crippen LogP contribution < -0.4 is 4.90 Å². The molecular formula is C29H30N2O5. The molecule has 186 valence electrons. The second-order valence-corrected chi connectivity index (χ2v) is 9.10. The second kappa shape index (κ2) is 11.6. The number of nitrogens with zero attached hydrogens (tertiary/aromatic N) is 2. The molecule has 2 heterocycles. The minimum Gasteiger partial charge on any atom is -0.473 e. The largest absolute Gasteiger partial charge is 0.473 e. The van der Waals surface area contributed by atoms with Gasteiger partial charge in [0.25, 0.3) is 0 Å². The van der Waals surface area contributed by atoms with Crippen molar-refractivity contribution in [3.63, 3.8) is 0 Å². The predicted molar refractivity (Wildman–Crippen MR) is 137 cm³/mol. The molecule has 0 saturated carbocycles. The number of hydrogen-bond donors (Lipinski definition) is 2. The number of likely N-dealkylation sites (tertiary alicyclic amines) is 1. The number of rotatable bonds is 3. The number of amides is 1. The van der Waals surface area contributed by atoms with Crippen molar-refractivity contribution >= 4 is 29.2 Å². The highest BCUT2D eigenvalue weighted by molar-refractivity contribution is 6.27. The third-order valence-corrected chi connectivity index (χ3v) is 6.64. The number of aliphatic carboxylic acids is 2. The van der Waals surface area contributed by atoms with E-state index < -0.39 is 11.9 Å². The van der Waals surface area contributed by atoms with Crippen LogP contribution in [0.2, 0.25) is 0 Å². The van der Waals surface area contributed by atoms with Crippen LogP contribution in [0.4, 0.5) is 11.4 Å². The summed E-state index contributed by atoms with van der Waals surface area (Å²) in [4.78, 5) is 36.6.